The van der Waals surface area contributed by atoms with Crippen molar-refractivity contribution in [2.75, 3.05) is 7.05 Å². The molecule has 9 heteroatoms. The van der Waals surface area contributed by atoms with Crippen LogP contribution < -0.4 is 5.14 Å². The largest absolute Gasteiger partial charge is 0.439 e. The minimum atomic E-state index is -3.83. The monoisotopic (exact) mass is 455 g/mol. The number of rotatable bonds is 5. The van der Waals surface area contributed by atoms with E-state index in [0.29, 0.717) is 34.9 Å². The van der Waals surface area contributed by atoms with E-state index in [0.717, 1.165) is 24.8 Å². The highest BCUT2D eigenvalue weighted by Gasteiger charge is 2.47. The van der Waals surface area contributed by atoms with E-state index in [1.807, 2.05) is 30.3 Å². The van der Waals surface area contributed by atoms with Gasteiger partial charge in [-0.1, -0.05) is 61.7 Å². The zero-order valence-corrected chi connectivity index (χ0v) is 18.5. The SMILES string of the molecule is CN(O)C(=O)C1(c2nc(-c3ccc(S(N)(=O)=O)cc3)c(-c3ccccc3)o2)CCCCC1. The fourth-order valence-corrected chi connectivity index (χ4v) is 4.81. The predicted molar refractivity (Wildman–Crippen MR) is 118 cm³/mol. The molecule has 0 unspecified atom stereocenters. The summed E-state index contributed by atoms with van der Waals surface area (Å²) in [5, 5.41) is 15.8. The fraction of sp³-hybridized carbons (Fsp3) is 0.304. The number of sulfonamides is 1. The molecule has 1 aliphatic carbocycles. The van der Waals surface area contributed by atoms with Crippen molar-refractivity contribution < 1.29 is 22.8 Å². The molecule has 0 spiro atoms. The van der Waals surface area contributed by atoms with Gasteiger partial charge in [-0.3, -0.25) is 10.0 Å². The predicted octanol–water partition coefficient (Wildman–Crippen LogP) is 3.71. The van der Waals surface area contributed by atoms with Gasteiger partial charge in [-0.05, 0) is 25.0 Å². The van der Waals surface area contributed by atoms with Gasteiger partial charge in [0.1, 0.15) is 11.1 Å². The molecule has 168 valence electrons. The Balaban J connectivity index is 1.89. The normalized spacial score (nSPS) is 16.0. The lowest BCUT2D eigenvalue weighted by molar-refractivity contribution is -0.168. The number of hydrogen-bond donors (Lipinski definition) is 2. The summed E-state index contributed by atoms with van der Waals surface area (Å²) in [5.74, 6) is 0.281. The maximum atomic E-state index is 13.1. The molecule has 4 rings (SSSR count). The topological polar surface area (TPSA) is 127 Å². The van der Waals surface area contributed by atoms with Crippen molar-refractivity contribution in [1.29, 1.82) is 0 Å². The summed E-state index contributed by atoms with van der Waals surface area (Å²) >= 11 is 0. The molecule has 0 radical (unpaired) electrons. The van der Waals surface area contributed by atoms with Crippen molar-refractivity contribution in [3.8, 4) is 22.6 Å². The molecule has 0 saturated heterocycles. The van der Waals surface area contributed by atoms with E-state index in [1.165, 1.54) is 19.2 Å². The Bertz CT molecular complexity index is 1210. The highest BCUT2D eigenvalue weighted by atomic mass is 32.2. The van der Waals surface area contributed by atoms with Gasteiger partial charge in [-0.15, -0.1) is 0 Å². The molecule has 0 aliphatic heterocycles. The summed E-state index contributed by atoms with van der Waals surface area (Å²) in [7, 11) is -2.52. The summed E-state index contributed by atoms with van der Waals surface area (Å²) in [5.41, 5.74) is 0.837. The van der Waals surface area contributed by atoms with Crippen LogP contribution in [-0.2, 0) is 20.2 Å². The number of carbonyl (C=O) groups excluding carboxylic acids is 1. The number of likely N-dealkylation sites (N-methyl/N-ethyl adjacent to an activating group) is 1. The lowest BCUT2D eigenvalue weighted by Crippen LogP contribution is -2.45. The third kappa shape index (κ3) is 4.06. The minimum Gasteiger partial charge on any atom is -0.439 e. The first-order chi connectivity index (χ1) is 15.2. The molecule has 2 aromatic carbocycles. The van der Waals surface area contributed by atoms with Crippen LogP contribution in [0.5, 0.6) is 0 Å². The molecule has 1 fully saturated rings. The van der Waals surface area contributed by atoms with Crippen molar-refractivity contribution in [2.24, 2.45) is 5.14 Å². The van der Waals surface area contributed by atoms with E-state index in [-0.39, 0.29) is 10.8 Å². The summed E-state index contributed by atoms with van der Waals surface area (Å²) in [6.45, 7) is 0. The molecule has 3 N–H and O–H groups in total. The number of nitrogens with zero attached hydrogens (tertiary/aromatic N) is 2. The van der Waals surface area contributed by atoms with Gasteiger partial charge >= 0.3 is 0 Å². The third-order valence-corrected chi connectivity index (χ3v) is 6.87. The molecule has 1 saturated carbocycles. The molecular weight excluding hydrogens is 430 g/mol. The number of nitrogens with two attached hydrogens (primary N) is 1. The Kier molecular flexibility index (Phi) is 5.89. The summed E-state index contributed by atoms with van der Waals surface area (Å²) in [6.07, 6.45) is 3.69. The number of aromatic nitrogens is 1. The first-order valence-electron chi connectivity index (χ1n) is 10.4. The van der Waals surface area contributed by atoms with Crippen LogP contribution in [0.1, 0.15) is 38.0 Å². The second-order valence-corrected chi connectivity index (χ2v) is 9.67. The number of primary sulfonamides is 1. The van der Waals surface area contributed by atoms with Gasteiger partial charge in [0.2, 0.25) is 15.9 Å². The van der Waals surface area contributed by atoms with Crippen molar-refractivity contribution in [2.45, 2.75) is 42.4 Å². The second kappa shape index (κ2) is 8.50. The van der Waals surface area contributed by atoms with Gasteiger partial charge in [0.05, 0.1) is 4.90 Å². The fourth-order valence-electron chi connectivity index (χ4n) is 4.29. The van der Waals surface area contributed by atoms with Crippen LogP contribution in [-0.4, -0.2) is 36.6 Å². The standard InChI is InChI=1S/C23H25N3O5S/c1-26(28)22(27)23(14-6-3-7-15-23)21-25-19(20(31-21)17-8-4-2-5-9-17)16-10-12-18(13-11-16)32(24,29)30/h2,4-5,8-13,28H,3,6-7,14-15H2,1H3,(H2,24,29,30). The van der Waals surface area contributed by atoms with E-state index in [2.05, 4.69) is 0 Å². The van der Waals surface area contributed by atoms with Crippen molar-refractivity contribution in [3.05, 3.63) is 60.5 Å². The van der Waals surface area contributed by atoms with Gasteiger partial charge < -0.3 is 4.42 Å². The molecule has 1 aromatic heterocycles. The first-order valence-corrected chi connectivity index (χ1v) is 11.9. The van der Waals surface area contributed by atoms with Crippen LogP contribution in [0.15, 0.2) is 63.9 Å². The maximum absolute atomic E-state index is 13.1. The van der Waals surface area contributed by atoms with Gasteiger partial charge in [0.15, 0.2) is 5.76 Å². The average Bonchev–Trinajstić information content (AvgIpc) is 3.25. The summed E-state index contributed by atoms with van der Waals surface area (Å²) in [6, 6.07) is 15.4. The number of hydroxylamine groups is 2. The minimum absolute atomic E-state index is 0.00735. The van der Waals surface area contributed by atoms with E-state index in [9.17, 15) is 18.4 Å². The van der Waals surface area contributed by atoms with E-state index >= 15 is 0 Å². The second-order valence-electron chi connectivity index (χ2n) is 8.10. The zero-order valence-electron chi connectivity index (χ0n) is 17.7. The Morgan fingerprint density at radius 1 is 1.03 bits per heavy atom. The highest BCUT2D eigenvalue weighted by Crippen LogP contribution is 2.44. The summed E-state index contributed by atoms with van der Waals surface area (Å²) in [4.78, 5) is 17.8. The molecular formula is C23H25N3O5S. The average molecular weight is 456 g/mol. The number of carbonyl (C=O) groups is 1. The number of oxazole rings is 1. The Morgan fingerprint density at radius 2 is 1.66 bits per heavy atom. The van der Waals surface area contributed by atoms with E-state index < -0.39 is 21.3 Å². The van der Waals surface area contributed by atoms with Crippen molar-refractivity contribution >= 4 is 15.9 Å². The van der Waals surface area contributed by atoms with Crippen LogP contribution >= 0.6 is 0 Å². The summed E-state index contributed by atoms with van der Waals surface area (Å²) < 4.78 is 29.5. The maximum Gasteiger partial charge on any atom is 0.261 e. The highest BCUT2D eigenvalue weighted by molar-refractivity contribution is 7.89. The zero-order chi connectivity index (χ0) is 22.9. The van der Waals surface area contributed by atoms with Crippen LogP contribution in [0.2, 0.25) is 0 Å². The third-order valence-electron chi connectivity index (χ3n) is 5.94. The molecule has 1 amide bonds. The van der Waals surface area contributed by atoms with Gasteiger partial charge in [-0.25, -0.2) is 23.6 Å². The molecule has 32 heavy (non-hydrogen) atoms. The van der Waals surface area contributed by atoms with Crippen molar-refractivity contribution in [1.82, 2.24) is 10.0 Å². The van der Waals surface area contributed by atoms with Crippen molar-refractivity contribution in [3.63, 3.8) is 0 Å². The van der Waals surface area contributed by atoms with Crippen LogP contribution in [0.4, 0.5) is 0 Å². The van der Waals surface area contributed by atoms with Crippen LogP contribution in [0.3, 0.4) is 0 Å². The smallest absolute Gasteiger partial charge is 0.261 e. The van der Waals surface area contributed by atoms with Crippen LogP contribution in [0, 0.1) is 0 Å². The van der Waals surface area contributed by atoms with Crippen LogP contribution in [0.25, 0.3) is 22.6 Å². The van der Waals surface area contributed by atoms with Gasteiger partial charge in [-0.2, -0.15) is 0 Å². The van der Waals surface area contributed by atoms with E-state index in [1.54, 1.807) is 12.1 Å². The Morgan fingerprint density at radius 3 is 2.22 bits per heavy atom. The quantitative estimate of drug-likeness (QED) is 0.446. The number of hydrogen-bond acceptors (Lipinski definition) is 6. The number of benzene rings is 2. The molecule has 1 aliphatic rings. The lowest BCUT2D eigenvalue weighted by Gasteiger charge is -2.34. The Labute approximate surface area is 186 Å². The van der Waals surface area contributed by atoms with Gasteiger partial charge in [0, 0.05) is 18.2 Å². The molecule has 1 heterocycles. The molecule has 8 nitrogen and oxygen atoms in total. The molecule has 0 bridgehead atoms. The Hall–Kier alpha value is -3.01. The van der Waals surface area contributed by atoms with Gasteiger partial charge in [0.25, 0.3) is 5.91 Å². The lowest BCUT2D eigenvalue weighted by atomic mass is 9.73. The first kappa shape index (κ1) is 22.2. The van der Waals surface area contributed by atoms with E-state index in [4.69, 9.17) is 14.5 Å². The number of amides is 1. The molecule has 3 aromatic rings. The molecule has 0 atom stereocenters.